The van der Waals surface area contributed by atoms with Crippen LogP contribution in [0.1, 0.15) is 39.5 Å². The monoisotopic (exact) mass is 198 g/mol. The van der Waals surface area contributed by atoms with Crippen molar-refractivity contribution < 1.29 is 9.59 Å². The Labute approximate surface area is 84.4 Å². The molecule has 14 heavy (non-hydrogen) atoms. The molecular weight excluding hydrogens is 180 g/mol. The minimum Gasteiger partial charge on any atom is -0.326 e. The zero-order valence-electron chi connectivity index (χ0n) is 8.80. The summed E-state index contributed by atoms with van der Waals surface area (Å²) in [4.78, 5) is 22.3. The van der Waals surface area contributed by atoms with Crippen LogP contribution in [0.5, 0.6) is 0 Å². The Hall–Kier alpha value is -1.06. The molecule has 0 aromatic heterocycles. The maximum atomic E-state index is 11.4. The van der Waals surface area contributed by atoms with Crippen LogP contribution in [0.3, 0.4) is 0 Å². The number of urea groups is 1. The smallest absolute Gasteiger partial charge is 0.322 e. The Morgan fingerprint density at radius 3 is 2.50 bits per heavy atom. The third-order valence-corrected chi connectivity index (χ3v) is 2.73. The van der Waals surface area contributed by atoms with Crippen molar-refractivity contribution in [3.05, 3.63) is 0 Å². The second-order valence-electron chi connectivity index (χ2n) is 3.75. The number of hydrogen-bond donors (Lipinski definition) is 2. The highest BCUT2D eigenvalue weighted by Gasteiger charge is 2.34. The lowest BCUT2D eigenvalue weighted by atomic mass is 9.91. The van der Waals surface area contributed by atoms with Gasteiger partial charge in [-0.15, -0.1) is 0 Å². The molecule has 1 saturated heterocycles. The molecule has 0 bridgehead atoms. The Morgan fingerprint density at radius 1 is 1.36 bits per heavy atom. The number of carbonyl (C=O) groups is 2. The van der Waals surface area contributed by atoms with E-state index in [1.54, 1.807) is 0 Å². The van der Waals surface area contributed by atoms with Gasteiger partial charge >= 0.3 is 6.03 Å². The Morgan fingerprint density at radius 2 is 2.07 bits per heavy atom. The number of hydrogen-bond acceptors (Lipinski definition) is 2. The van der Waals surface area contributed by atoms with E-state index >= 15 is 0 Å². The first-order valence-electron chi connectivity index (χ1n) is 5.30. The van der Waals surface area contributed by atoms with Crippen molar-refractivity contribution in [2.45, 2.75) is 45.6 Å². The van der Waals surface area contributed by atoms with E-state index in [0.717, 1.165) is 25.7 Å². The maximum absolute atomic E-state index is 11.4. The van der Waals surface area contributed by atoms with Crippen molar-refractivity contribution in [2.24, 2.45) is 5.92 Å². The van der Waals surface area contributed by atoms with Gasteiger partial charge in [0.25, 0.3) is 5.91 Å². The fourth-order valence-corrected chi connectivity index (χ4v) is 1.84. The van der Waals surface area contributed by atoms with E-state index in [1.165, 1.54) is 0 Å². The third-order valence-electron chi connectivity index (χ3n) is 2.73. The summed E-state index contributed by atoms with van der Waals surface area (Å²) in [6.07, 6.45) is 4.17. The van der Waals surface area contributed by atoms with E-state index in [9.17, 15) is 9.59 Å². The lowest BCUT2D eigenvalue weighted by Crippen LogP contribution is -2.36. The summed E-state index contributed by atoms with van der Waals surface area (Å²) in [5.74, 6) is 0.111. The van der Waals surface area contributed by atoms with Gasteiger partial charge < -0.3 is 5.32 Å². The molecule has 1 fully saturated rings. The lowest BCUT2D eigenvalue weighted by Gasteiger charge is -2.19. The third kappa shape index (κ3) is 2.47. The van der Waals surface area contributed by atoms with Crippen LogP contribution in [-0.4, -0.2) is 18.0 Å². The molecule has 0 aromatic carbocycles. The first kappa shape index (κ1) is 11.0. The number of imide groups is 1. The van der Waals surface area contributed by atoms with Crippen LogP contribution in [-0.2, 0) is 4.79 Å². The van der Waals surface area contributed by atoms with Crippen LogP contribution in [0.15, 0.2) is 0 Å². The van der Waals surface area contributed by atoms with Crippen molar-refractivity contribution in [1.29, 1.82) is 0 Å². The van der Waals surface area contributed by atoms with Crippen LogP contribution >= 0.6 is 0 Å². The van der Waals surface area contributed by atoms with Gasteiger partial charge in [-0.2, -0.15) is 0 Å². The van der Waals surface area contributed by atoms with Gasteiger partial charge in [-0.25, -0.2) is 4.79 Å². The average molecular weight is 198 g/mol. The van der Waals surface area contributed by atoms with Crippen molar-refractivity contribution >= 4 is 11.9 Å². The predicted molar refractivity (Wildman–Crippen MR) is 53.8 cm³/mol. The molecule has 4 heteroatoms. The minimum absolute atomic E-state index is 0.169. The zero-order chi connectivity index (χ0) is 10.6. The van der Waals surface area contributed by atoms with Crippen molar-refractivity contribution in [1.82, 2.24) is 10.6 Å². The Bertz CT molecular complexity index is 228. The first-order valence-corrected chi connectivity index (χ1v) is 5.30. The highest BCUT2D eigenvalue weighted by molar-refractivity contribution is 6.04. The van der Waals surface area contributed by atoms with E-state index < -0.39 is 0 Å². The highest BCUT2D eigenvalue weighted by Crippen LogP contribution is 2.18. The van der Waals surface area contributed by atoms with Crippen molar-refractivity contribution in [2.75, 3.05) is 0 Å². The molecule has 0 unspecified atom stereocenters. The summed E-state index contributed by atoms with van der Waals surface area (Å²) in [5, 5.41) is 4.93. The lowest BCUT2D eigenvalue weighted by molar-refractivity contribution is -0.121. The summed E-state index contributed by atoms with van der Waals surface area (Å²) < 4.78 is 0. The molecule has 0 saturated carbocycles. The number of amides is 3. The molecule has 1 rings (SSSR count). The molecule has 2 N–H and O–H groups in total. The van der Waals surface area contributed by atoms with Gasteiger partial charge in [0.2, 0.25) is 0 Å². The van der Waals surface area contributed by atoms with Gasteiger partial charge in [0.15, 0.2) is 0 Å². The van der Waals surface area contributed by atoms with Gasteiger partial charge in [0.05, 0.1) is 0 Å². The minimum atomic E-state index is -0.352. The van der Waals surface area contributed by atoms with Gasteiger partial charge in [0, 0.05) is 0 Å². The molecule has 0 radical (unpaired) electrons. The quantitative estimate of drug-likeness (QED) is 0.656. The van der Waals surface area contributed by atoms with E-state index in [1.807, 2.05) is 0 Å². The second-order valence-corrected chi connectivity index (χ2v) is 3.75. The van der Waals surface area contributed by atoms with Crippen molar-refractivity contribution in [3.8, 4) is 0 Å². The molecule has 1 aliphatic rings. The summed E-state index contributed by atoms with van der Waals surface area (Å²) in [6, 6.07) is -0.658. The topological polar surface area (TPSA) is 58.2 Å². The van der Waals surface area contributed by atoms with Gasteiger partial charge in [0.1, 0.15) is 6.04 Å². The van der Waals surface area contributed by atoms with Gasteiger partial charge in [-0.1, -0.05) is 33.1 Å². The average Bonchev–Trinajstić information content (AvgIpc) is 2.47. The fourth-order valence-electron chi connectivity index (χ4n) is 1.84. The SMILES string of the molecule is CCCC[C@H](CC)[C@@H]1NC(=O)NC1=O. The molecule has 2 atom stereocenters. The van der Waals surface area contributed by atoms with Crippen molar-refractivity contribution in [3.63, 3.8) is 0 Å². The van der Waals surface area contributed by atoms with E-state index in [0.29, 0.717) is 0 Å². The summed E-state index contributed by atoms with van der Waals surface area (Å²) >= 11 is 0. The maximum Gasteiger partial charge on any atom is 0.322 e. The van der Waals surface area contributed by atoms with Crippen LogP contribution in [0, 0.1) is 5.92 Å². The molecule has 1 aliphatic heterocycles. The molecule has 0 aliphatic carbocycles. The van der Waals surface area contributed by atoms with E-state index in [2.05, 4.69) is 24.5 Å². The van der Waals surface area contributed by atoms with Crippen LogP contribution in [0.25, 0.3) is 0 Å². The standard InChI is InChI=1S/C10H18N2O2/c1-3-5-6-7(4-2)8-9(13)12-10(14)11-8/h7-8H,3-6H2,1-2H3,(H2,11,12,13,14)/t7-,8-/m0/s1. The van der Waals surface area contributed by atoms with E-state index in [-0.39, 0.29) is 23.9 Å². The summed E-state index contributed by atoms with van der Waals surface area (Å²) in [5.41, 5.74) is 0. The molecular formula is C10H18N2O2. The van der Waals surface area contributed by atoms with Crippen LogP contribution in [0.2, 0.25) is 0 Å². The number of nitrogens with one attached hydrogen (secondary N) is 2. The molecule has 80 valence electrons. The highest BCUT2D eigenvalue weighted by atomic mass is 16.2. The fraction of sp³-hybridized carbons (Fsp3) is 0.800. The van der Waals surface area contributed by atoms with Crippen LogP contribution in [0.4, 0.5) is 4.79 Å². The first-order chi connectivity index (χ1) is 6.69. The molecule has 1 heterocycles. The predicted octanol–water partition coefficient (Wildman–Crippen LogP) is 1.41. The molecule has 3 amide bonds. The Kier molecular flexibility index (Phi) is 3.92. The zero-order valence-corrected chi connectivity index (χ0v) is 8.80. The molecule has 0 aromatic rings. The molecule has 0 spiro atoms. The number of rotatable bonds is 5. The number of carbonyl (C=O) groups excluding carboxylic acids is 2. The Balaban J connectivity index is 2.51. The summed E-state index contributed by atoms with van der Waals surface area (Å²) in [7, 11) is 0. The molecule has 4 nitrogen and oxygen atoms in total. The van der Waals surface area contributed by atoms with Gasteiger partial charge in [-0.05, 0) is 12.3 Å². The largest absolute Gasteiger partial charge is 0.326 e. The second kappa shape index (κ2) is 4.98. The summed E-state index contributed by atoms with van der Waals surface area (Å²) in [6.45, 7) is 4.18. The number of unbranched alkanes of at least 4 members (excludes halogenated alkanes) is 1. The van der Waals surface area contributed by atoms with E-state index in [4.69, 9.17) is 0 Å². The normalized spacial score (nSPS) is 23.1. The van der Waals surface area contributed by atoms with Crippen LogP contribution < -0.4 is 10.6 Å². The van der Waals surface area contributed by atoms with Gasteiger partial charge in [-0.3, -0.25) is 10.1 Å².